The van der Waals surface area contributed by atoms with Gasteiger partial charge in [-0.25, -0.2) is 0 Å². The molecule has 2 saturated heterocycles. The zero-order valence-electron chi connectivity index (χ0n) is 13.5. The largest absolute Gasteiger partial charge is 0.365 e. The van der Waals surface area contributed by atoms with Crippen molar-refractivity contribution in [3.8, 4) is 0 Å². The number of hydrogen-bond donors (Lipinski definition) is 1. The zero-order valence-corrected chi connectivity index (χ0v) is 15.0. The first-order valence-corrected chi connectivity index (χ1v) is 9.18. The number of benzene rings is 1. The zero-order chi connectivity index (χ0) is 15.0. The molecule has 1 aromatic carbocycles. The summed E-state index contributed by atoms with van der Waals surface area (Å²) in [5.74, 6) is 0. The van der Waals surface area contributed by atoms with Gasteiger partial charge in [0.25, 0.3) is 0 Å². The number of rotatable bonds is 4. The average Bonchev–Trinajstić information content (AvgIpc) is 2.73. The van der Waals surface area contributed by atoms with Gasteiger partial charge in [0.15, 0.2) is 0 Å². The van der Waals surface area contributed by atoms with Crippen molar-refractivity contribution in [3.05, 3.63) is 27.7 Å². The minimum atomic E-state index is 0.733. The van der Waals surface area contributed by atoms with Gasteiger partial charge in [-0.3, -0.25) is 0 Å². The van der Waals surface area contributed by atoms with Gasteiger partial charge in [0.2, 0.25) is 0 Å². The van der Waals surface area contributed by atoms with Gasteiger partial charge in [0.1, 0.15) is 0 Å². The van der Waals surface area contributed by atoms with Crippen LogP contribution in [0.2, 0.25) is 0 Å². The number of anilines is 1. The van der Waals surface area contributed by atoms with Crippen LogP contribution in [-0.2, 0) is 0 Å². The molecule has 2 fully saturated rings. The smallest absolute Gasteiger partial charge is 0.0377 e. The minimum absolute atomic E-state index is 0.733. The maximum Gasteiger partial charge on any atom is 0.0377 e. The van der Waals surface area contributed by atoms with Gasteiger partial charge in [0.05, 0.1) is 0 Å². The quantitative estimate of drug-likeness (QED) is 0.855. The summed E-state index contributed by atoms with van der Waals surface area (Å²) in [6.45, 7) is 7.83. The topological polar surface area (TPSA) is 15.3 Å². The molecule has 0 spiro atoms. The molecule has 2 nitrogen and oxygen atoms in total. The fraction of sp³-hybridized carbons (Fsp3) is 0.667. The Hall–Kier alpha value is -0.540. The Kier molecular flexibility index (Phi) is 4.60. The molecule has 2 aliphatic rings. The summed E-state index contributed by atoms with van der Waals surface area (Å²) >= 11 is 3.69. The highest BCUT2D eigenvalue weighted by Gasteiger charge is 2.40. The molecule has 2 bridgehead atoms. The molecule has 1 N–H and O–H groups in total. The Morgan fingerprint density at radius 1 is 1.14 bits per heavy atom. The lowest BCUT2D eigenvalue weighted by molar-refractivity contribution is 0.356. The average molecular weight is 351 g/mol. The highest BCUT2D eigenvalue weighted by molar-refractivity contribution is 9.10. The standard InChI is InChI=1S/C18H27BrN2/c1-4-7-20-14-10-15-5-6-16(11-14)21(15)17-8-12(2)18(19)13(3)9-17/h8-9,14-16,20H,4-7,10-11H2,1-3H3. The van der Waals surface area contributed by atoms with Crippen LogP contribution in [0.1, 0.15) is 50.2 Å². The molecule has 116 valence electrons. The molecule has 1 aromatic rings. The van der Waals surface area contributed by atoms with Crippen LogP contribution in [0.5, 0.6) is 0 Å². The molecular weight excluding hydrogens is 324 g/mol. The Labute approximate surface area is 137 Å². The number of nitrogens with zero attached hydrogens (tertiary/aromatic N) is 1. The van der Waals surface area contributed by atoms with Gasteiger partial charge in [-0.2, -0.15) is 0 Å². The van der Waals surface area contributed by atoms with Crippen LogP contribution in [0.3, 0.4) is 0 Å². The summed E-state index contributed by atoms with van der Waals surface area (Å²) in [6, 6.07) is 6.93. The van der Waals surface area contributed by atoms with E-state index in [4.69, 9.17) is 0 Å². The van der Waals surface area contributed by atoms with Crippen molar-refractivity contribution in [1.29, 1.82) is 0 Å². The molecule has 0 aliphatic carbocycles. The predicted molar refractivity (Wildman–Crippen MR) is 94.2 cm³/mol. The maximum absolute atomic E-state index is 3.74. The van der Waals surface area contributed by atoms with Crippen molar-refractivity contribution in [2.45, 2.75) is 71.0 Å². The van der Waals surface area contributed by atoms with Gasteiger partial charge in [0, 0.05) is 28.3 Å². The van der Waals surface area contributed by atoms with E-state index >= 15 is 0 Å². The number of halogens is 1. The number of aryl methyl sites for hydroxylation is 2. The first-order chi connectivity index (χ1) is 10.1. The van der Waals surface area contributed by atoms with Crippen LogP contribution in [0, 0.1) is 13.8 Å². The van der Waals surface area contributed by atoms with Crippen molar-refractivity contribution < 1.29 is 0 Å². The Morgan fingerprint density at radius 3 is 2.24 bits per heavy atom. The summed E-state index contributed by atoms with van der Waals surface area (Å²) in [5, 5.41) is 3.74. The SMILES string of the molecule is CCCNC1CC2CCC(C1)N2c1cc(C)c(Br)c(C)c1. The monoisotopic (exact) mass is 350 g/mol. The fourth-order valence-electron chi connectivity index (χ4n) is 4.19. The van der Waals surface area contributed by atoms with Crippen LogP contribution < -0.4 is 10.2 Å². The third kappa shape index (κ3) is 3.00. The highest BCUT2D eigenvalue weighted by atomic mass is 79.9. The van der Waals surface area contributed by atoms with Crippen LogP contribution >= 0.6 is 15.9 Å². The summed E-state index contributed by atoms with van der Waals surface area (Å²) in [5.41, 5.74) is 4.15. The van der Waals surface area contributed by atoms with Crippen LogP contribution in [0.15, 0.2) is 16.6 Å². The molecule has 2 heterocycles. The van der Waals surface area contributed by atoms with E-state index in [1.54, 1.807) is 0 Å². The third-order valence-corrected chi connectivity index (χ3v) is 6.39. The van der Waals surface area contributed by atoms with E-state index in [1.165, 1.54) is 59.9 Å². The Balaban J connectivity index is 1.79. The summed E-state index contributed by atoms with van der Waals surface area (Å²) in [6.07, 6.45) is 6.59. The van der Waals surface area contributed by atoms with Crippen molar-refractivity contribution in [1.82, 2.24) is 5.32 Å². The lowest BCUT2D eigenvalue weighted by atomic mass is 9.95. The fourth-order valence-corrected chi connectivity index (χ4v) is 4.41. The van der Waals surface area contributed by atoms with E-state index in [2.05, 4.69) is 59.1 Å². The van der Waals surface area contributed by atoms with Crippen LogP contribution in [-0.4, -0.2) is 24.7 Å². The summed E-state index contributed by atoms with van der Waals surface area (Å²) in [7, 11) is 0. The van der Waals surface area contributed by atoms with Gasteiger partial charge in [-0.1, -0.05) is 22.9 Å². The molecule has 0 amide bonds. The van der Waals surface area contributed by atoms with E-state index < -0.39 is 0 Å². The molecule has 3 rings (SSSR count). The van der Waals surface area contributed by atoms with Crippen LogP contribution in [0.25, 0.3) is 0 Å². The lowest BCUT2D eigenvalue weighted by Crippen LogP contribution is -2.49. The van der Waals surface area contributed by atoms with E-state index in [0.29, 0.717) is 0 Å². The number of hydrogen-bond acceptors (Lipinski definition) is 2. The van der Waals surface area contributed by atoms with E-state index in [0.717, 1.165) is 18.1 Å². The van der Waals surface area contributed by atoms with E-state index in [1.807, 2.05) is 0 Å². The molecule has 0 aromatic heterocycles. The van der Waals surface area contributed by atoms with Crippen LogP contribution in [0.4, 0.5) is 5.69 Å². The maximum atomic E-state index is 3.74. The molecule has 3 heteroatoms. The number of piperidine rings is 1. The lowest BCUT2D eigenvalue weighted by Gasteiger charge is -2.41. The number of nitrogens with one attached hydrogen (secondary N) is 1. The molecule has 21 heavy (non-hydrogen) atoms. The van der Waals surface area contributed by atoms with E-state index in [-0.39, 0.29) is 0 Å². The molecular formula is C18H27BrN2. The second kappa shape index (κ2) is 6.29. The molecule has 0 radical (unpaired) electrons. The van der Waals surface area contributed by atoms with Crippen molar-refractivity contribution in [2.75, 3.05) is 11.4 Å². The first kappa shape index (κ1) is 15.4. The normalized spacial score (nSPS) is 28.2. The highest BCUT2D eigenvalue weighted by Crippen LogP contribution is 2.40. The number of fused-ring (bicyclic) bond motifs is 2. The minimum Gasteiger partial charge on any atom is -0.365 e. The third-order valence-electron chi connectivity index (χ3n) is 5.14. The Morgan fingerprint density at radius 2 is 1.71 bits per heavy atom. The van der Waals surface area contributed by atoms with Gasteiger partial charge >= 0.3 is 0 Å². The van der Waals surface area contributed by atoms with Gasteiger partial charge in [-0.15, -0.1) is 0 Å². The van der Waals surface area contributed by atoms with Gasteiger partial charge < -0.3 is 10.2 Å². The van der Waals surface area contributed by atoms with Gasteiger partial charge in [-0.05, 0) is 75.8 Å². The second-order valence-electron chi connectivity index (χ2n) is 6.81. The second-order valence-corrected chi connectivity index (χ2v) is 7.60. The molecule has 2 atom stereocenters. The van der Waals surface area contributed by atoms with Crippen molar-refractivity contribution in [3.63, 3.8) is 0 Å². The predicted octanol–water partition coefficient (Wildman–Crippen LogP) is 4.57. The molecule has 2 aliphatic heterocycles. The van der Waals surface area contributed by atoms with E-state index in [9.17, 15) is 0 Å². The Bertz CT molecular complexity index is 477. The molecule has 0 saturated carbocycles. The summed E-state index contributed by atoms with van der Waals surface area (Å²) in [4.78, 5) is 2.72. The van der Waals surface area contributed by atoms with Crippen molar-refractivity contribution >= 4 is 21.6 Å². The van der Waals surface area contributed by atoms with Crippen molar-refractivity contribution in [2.24, 2.45) is 0 Å². The molecule has 2 unspecified atom stereocenters. The summed E-state index contributed by atoms with van der Waals surface area (Å²) < 4.78 is 1.26. The first-order valence-electron chi connectivity index (χ1n) is 8.38.